The van der Waals surface area contributed by atoms with Crippen molar-refractivity contribution in [2.24, 2.45) is 5.92 Å². The number of β-amino-alcohol motifs (C(OH)–C–C–N with tert-alkyl or cyclic N) is 1. The Balaban J connectivity index is 2.03. The maximum atomic E-state index is 12.0. The number of hydrogen-bond acceptors (Lipinski definition) is 6. The Bertz CT molecular complexity index is 755. The van der Waals surface area contributed by atoms with Crippen LogP contribution in [0.1, 0.15) is 12.0 Å². The molecule has 0 saturated heterocycles. The van der Waals surface area contributed by atoms with Crippen LogP contribution in [0.2, 0.25) is 0 Å². The van der Waals surface area contributed by atoms with Gasteiger partial charge in [0.2, 0.25) is 0 Å². The molecule has 0 saturated carbocycles. The molecular weight excluding hydrogens is 344 g/mol. The fourth-order valence-electron chi connectivity index (χ4n) is 2.53. The first kappa shape index (κ1) is 19.1. The summed E-state index contributed by atoms with van der Waals surface area (Å²) in [5.74, 6) is -4.45. The summed E-state index contributed by atoms with van der Waals surface area (Å²) in [4.78, 5) is 46.5. The van der Waals surface area contributed by atoms with Crippen molar-refractivity contribution in [2.45, 2.75) is 12.8 Å². The van der Waals surface area contributed by atoms with Crippen molar-refractivity contribution in [3.63, 3.8) is 0 Å². The molecule has 2 amide bonds. The van der Waals surface area contributed by atoms with Crippen molar-refractivity contribution >= 4 is 29.4 Å². The smallest absolute Gasteiger partial charge is 0.307 e. The number of carboxylic acid groups (broad SMARTS) is 2. The van der Waals surface area contributed by atoms with Crippen molar-refractivity contribution in [2.75, 3.05) is 18.5 Å². The number of aliphatic hydroxyl groups excluding tert-OH is 1. The average molecular weight is 362 g/mol. The Morgan fingerprint density at radius 2 is 1.77 bits per heavy atom. The number of imide groups is 1. The van der Waals surface area contributed by atoms with Gasteiger partial charge in [-0.15, -0.1) is 0 Å². The molecule has 9 heteroatoms. The lowest BCUT2D eigenvalue weighted by Gasteiger charge is -2.14. The van der Waals surface area contributed by atoms with Crippen LogP contribution >= 0.6 is 0 Å². The molecule has 1 atom stereocenters. The lowest BCUT2D eigenvalue weighted by molar-refractivity contribution is -0.148. The maximum Gasteiger partial charge on any atom is 0.307 e. The molecule has 9 nitrogen and oxygen atoms in total. The minimum absolute atomic E-state index is 0.0618. The molecule has 138 valence electrons. The number of amides is 2. The third kappa shape index (κ3) is 4.67. The van der Waals surface area contributed by atoms with Crippen molar-refractivity contribution < 1.29 is 34.5 Å². The number of aliphatic carboxylic acids is 2. The topological polar surface area (TPSA) is 144 Å². The van der Waals surface area contributed by atoms with Gasteiger partial charge >= 0.3 is 11.9 Å². The third-order valence-corrected chi connectivity index (χ3v) is 3.82. The number of nitrogens with one attached hydrogen (secondary N) is 1. The molecule has 0 fully saturated rings. The van der Waals surface area contributed by atoms with E-state index in [-0.39, 0.29) is 25.3 Å². The largest absolute Gasteiger partial charge is 0.481 e. The Morgan fingerprint density at radius 3 is 2.31 bits per heavy atom. The molecule has 4 N–H and O–H groups in total. The van der Waals surface area contributed by atoms with E-state index in [0.29, 0.717) is 11.3 Å². The zero-order valence-corrected chi connectivity index (χ0v) is 13.7. The fraction of sp³-hybridized carbons (Fsp3) is 0.294. The highest BCUT2D eigenvalue weighted by atomic mass is 16.4. The molecule has 1 unspecified atom stereocenters. The molecule has 0 bridgehead atoms. The van der Waals surface area contributed by atoms with Crippen molar-refractivity contribution in [3.05, 3.63) is 41.6 Å². The van der Waals surface area contributed by atoms with Crippen LogP contribution < -0.4 is 5.32 Å². The predicted octanol–water partition coefficient (Wildman–Crippen LogP) is 0.0615. The van der Waals surface area contributed by atoms with Crippen molar-refractivity contribution in [3.8, 4) is 0 Å². The van der Waals surface area contributed by atoms with Gasteiger partial charge in [0.15, 0.2) is 0 Å². The van der Waals surface area contributed by atoms with Gasteiger partial charge in [-0.2, -0.15) is 0 Å². The molecule has 1 aliphatic heterocycles. The van der Waals surface area contributed by atoms with Crippen molar-refractivity contribution in [1.29, 1.82) is 0 Å². The summed E-state index contributed by atoms with van der Waals surface area (Å²) in [5, 5.41) is 29.5. The van der Waals surface area contributed by atoms with Crippen molar-refractivity contribution in [1.82, 2.24) is 4.90 Å². The summed E-state index contributed by atoms with van der Waals surface area (Å²) in [7, 11) is 0. The van der Waals surface area contributed by atoms with Crippen LogP contribution in [-0.4, -0.2) is 57.1 Å². The Hall–Kier alpha value is -3.20. The van der Waals surface area contributed by atoms with E-state index in [1.54, 1.807) is 24.3 Å². The monoisotopic (exact) mass is 362 g/mol. The molecule has 0 aliphatic carbocycles. The maximum absolute atomic E-state index is 12.0. The van der Waals surface area contributed by atoms with Gasteiger partial charge in [-0.1, -0.05) is 12.1 Å². The van der Waals surface area contributed by atoms with E-state index in [9.17, 15) is 19.2 Å². The molecule has 1 aliphatic rings. The van der Waals surface area contributed by atoms with E-state index in [2.05, 4.69) is 5.32 Å². The number of anilines is 1. The molecule has 1 aromatic carbocycles. The van der Waals surface area contributed by atoms with E-state index in [1.165, 1.54) is 0 Å². The molecule has 1 aromatic rings. The van der Waals surface area contributed by atoms with E-state index < -0.39 is 36.1 Å². The number of hydrogen-bond donors (Lipinski definition) is 4. The number of carboxylic acids is 2. The molecule has 0 radical (unpaired) electrons. The van der Waals surface area contributed by atoms with E-state index in [1.807, 2.05) is 0 Å². The number of nitrogens with zero attached hydrogens (tertiary/aromatic N) is 1. The number of rotatable bonds is 9. The van der Waals surface area contributed by atoms with Crippen LogP contribution in [0.3, 0.4) is 0 Å². The Labute approximate surface area is 148 Å². The minimum Gasteiger partial charge on any atom is -0.481 e. The average Bonchev–Trinajstić information content (AvgIpc) is 2.83. The van der Waals surface area contributed by atoms with Crippen LogP contribution in [0.4, 0.5) is 5.69 Å². The van der Waals surface area contributed by atoms with Gasteiger partial charge in [-0.05, 0) is 24.1 Å². The summed E-state index contributed by atoms with van der Waals surface area (Å²) >= 11 is 0. The number of carbonyl (C=O) groups excluding carboxylic acids is 2. The van der Waals surface area contributed by atoms with Crippen LogP contribution in [0.25, 0.3) is 0 Å². The molecule has 0 spiro atoms. The summed E-state index contributed by atoms with van der Waals surface area (Å²) in [6.45, 7) is -0.410. The highest BCUT2D eigenvalue weighted by Crippen LogP contribution is 2.19. The first-order valence-electron chi connectivity index (χ1n) is 7.80. The third-order valence-electron chi connectivity index (χ3n) is 3.82. The van der Waals surface area contributed by atoms with Gasteiger partial charge < -0.3 is 20.6 Å². The second kappa shape index (κ2) is 8.26. The van der Waals surface area contributed by atoms with Crippen LogP contribution in [0.5, 0.6) is 0 Å². The van der Waals surface area contributed by atoms with Gasteiger partial charge in [0.1, 0.15) is 5.70 Å². The molecule has 1 heterocycles. The van der Waals surface area contributed by atoms with E-state index >= 15 is 0 Å². The van der Waals surface area contributed by atoms with Gasteiger partial charge in [0.25, 0.3) is 11.8 Å². The van der Waals surface area contributed by atoms with E-state index in [4.69, 9.17) is 15.3 Å². The van der Waals surface area contributed by atoms with Crippen LogP contribution in [-0.2, 0) is 25.6 Å². The van der Waals surface area contributed by atoms with Gasteiger partial charge in [0.05, 0.1) is 25.5 Å². The molecular formula is C17H18N2O7. The lowest BCUT2D eigenvalue weighted by atomic mass is 9.96. The first-order chi connectivity index (χ1) is 12.3. The highest BCUT2D eigenvalue weighted by molar-refractivity contribution is 6.17. The van der Waals surface area contributed by atoms with E-state index in [0.717, 1.165) is 11.0 Å². The summed E-state index contributed by atoms with van der Waals surface area (Å²) in [5.41, 5.74) is 1.22. The fourth-order valence-corrected chi connectivity index (χ4v) is 2.53. The summed E-state index contributed by atoms with van der Waals surface area (Å²) < 4.78 is 0. The quantitative estimate of drug-likeness (QED) is 0.451. The van der Waals surface area contributed by atoms with Crippen LogP contribution in [0.15, 0.2) is 36.0 Å². The molecule has 0 aromatic heterocycles. The Kier molecular flexibility index (Phi) is 6.07. The number of benzene rings is 1. The van der Waals surface area contributed by atoms with Gasteiger partial charge in [0, 0.05) is 11.8 Å². The normalized spacial score (nSPS) is 15.0. The number of carbonyl (C=O) groups is 4. The predicted molar refractivity (Wildman–Crippen MR) is 89.0 cm³/mol. The zero-order valence-electron chi connectivity index (χ0n) is 13.7. The SMILES string of the molecule is O=C(O)CC(Cc1ccc(NC2=CC(=O)N(CCO)C2=O)cc1)C(=O)O. The molecule has 26 heavy (non-hydrogen) atoms. The summed E-state index contributed by atoms with van der Waals surface area (Å²) in [6.07, 6.45) is 0.727. The second-order valence-corrected chi connectivity index (χ2v) is 5.74. The summed E-state index contributed by atoms with van der Waals surface area (Å²) in [6, 6.07) is 6.44. The first-order valence-corrected chi connectivity index (χ1v) is 7.80. The number of aliphatic hydroxyl groups is 1. The van der Waals surface area contributed by atoms with Gasteiger partial charge in [-0.25, -0.2) is 0 Å². The second-order valence-electron chi connectivity index (χ2n) is 5.74. The van der Waals surface area contributed by atoms with Crippen LogP contribution in [0, 0.1) is 5.92 Å². The minimum atomic E-state index is -1.18. The highest BCUT2D eigenvalue weighted by Gasteiger charge is 2.30. The van der Waals surface area contributed by atoms with Gasteiger partial charge in [-0.3, -0.25) is 24.1 Å². The lowest BCUT2D eigenvalue weighted by Crippen LogP contribution is -2.34. The Morgan fingerprint density at radius 1 is 1.12 bits per heavy atom. The standard InChI is InChI=1S/C17H18N2O7/c20-6-5-19-14(21)9-13(16(19)24)18-12-3-1-10(2-4-12)7-11(17(25)26)8-15(22)23/h1-4,9,11,18,20H,5-8H2,(H,22,23)(H,25,26). The zero-order chi connectivity index (χ0) is 19.3. The molecule has 2 rings (SSSR count).